The molecular formula is C19H21F12NO11S4. The summed E-state index contributed by atoms with van der Waals surface area (Å²) in [6.07, 6.45) is -2.94. The minimum atomic E-state index is -9.06. The van der Waals surface area contributed by atoms with Crippen LogP contribution in [-0.2, 0) is 43.8 Å². The van der Waals surface area contributed by atoms with Crippen LogP contribution in [0.15, 0.2) is 0 Å². The van der Waals surface area contributed by atoms with Crippen molar-refractivity contribution in [1.29, 1.82) is 0 Å². The van der Waals surface area contributed by atoms with Crippen LogP contribution in [0.3, 0.4) is 0 Å². The Balaban J connectivity index is 2.07. The summed E-state index contributed by atoms with van der Waals surface area (Å²) in [5.41, 5.74) is -3.68. The van der Waals surface area contributed by atoms with E-state index in [-0.39, 0.29) is 19.3 Å². The fourth-order valence-corrected chi connectivity index (χ4v) is 16.0. The first-order valence-electron chi connectivity index (χ1n) is 12.3. The molecule has 12 nitrogen and oxygen atoms in total. The Morgan fingerprint density at radius 1 is 0.766 bits per heavy atom. The van der Waals surface area contributed by atoms with E-state index >= 15 is 0 Å². The lowest BCUT2D eigenvalue weighted by Crippen LogP contribution is -2.73. The molecule has 2 bridgehead atoms. The molecule has 1 amide bonds. The minimum absolute atomic E-state index is 0.129. The Morgan fingerprint density at radius 2 is 1.15 bits per heavy atom. The number of hydrogen-bond donors (Lipinski definition) is 2. The normalized spacial score (nSPS) is 33.9. The molecule has 2 aliphatic carbocycles. The van der Waals surface area contributed by atoms with E-state index in [0.29, 0.717) is 6.92 Å². The zero-order valence-electron chi connectivity index (χ0n) is 23.0. The summed E-state index contributed by atoms with van der Waals surface area (Å²) in [5.74, 6) is -17.4. The molecule has 3 aliphatic rings. The van der Waals surface area contributed by atoms with Crippen LogP contribution in [-0.4, -0.2) is 92.8 Å². The molecule has 3 fully saturated rings. The standard InChI is InChI=1S/C19H21F12NO11S4/c1-12(32-10(33)34)4-8-3-9(5-12)7-13(2,6-8)43-47(41,42)19(30,31)15(22,23)18(28,29)46(39,40)11-44(35,36)16(24,25)14(20,21)17(26,27)45(11,37)38/h8-9,11,32H,3-7H2,1-2H3,(H,33,34). The Bertz CT molecular complexity index is 1720. The zero-order chi connectivity index (χ0) is 37.3. The Labute approximate surface area is 257 Å². The lowest BCUT2D eigenvalue weighted by molar-refractivity contribution is -0.249. The monoisotopic (exact) mass is 795 g/mol. The third-order valence-electron chi connectivity index (χ3n) is 7.91. The van der Waals surface area contributed by atoms with Gasteiger partial charge in [-0.2, -0.15) is 61.1 Å². The van der Waals surface area contributed by atoms with Crippen LogP contribution < -0.4 is 5.32 Å². The maximum absolute atomic E-state index is 14.9. The second kappa shape index (κ2) is 10.4. The molecule has 276 valence electrons. The molecule has 2 atom stereocenters. The SMILES string of the molecule is CC1(NC(=O)O)CC2CC(C1)CC(C)(OS(=O)(=O)C(F)(F)C(F)(F)C(F)(F)S(=O)(=O)C1S(=O)(=O)C(F)(F)C(F)(F)C(F)(F)S1(=O)=O)C2. The summed E-state index contributed by atoms with van der Waals surface area (Å²) in [5, 5.41) is -19.9. The average molecular weight is 796 g/mol. The van der Waals surface area contributed by atoms with E-state index in [4.69, 9.17) is 5.11 Å². The predicted octanol–water partition coefficient (Wildman–Crippen LogP) is 3.51. The van der Waals surface area contributed by atoms with E-state index < -0.39 is 118 Å². The van der Waals surface area contributed by atoms with Crippen molar-refractivity contribution in [3.8, 4) is 0 Å². The van der Waals surface area contributed by atoms with Gasteiger partial charge < -0.3 is 10.4 Å². The molecule has 3 rings (SSSR count). The molecule has 47 heavy (non-hydrogen) atoms. The van der Waals surface area contributed by atoms with E-state index in [9.17, 15) is 91.2 Å². The molecule has 1 heterocycles. The predicted molar refractivity (Wildman–Crippen MR) is 128 cm³/mol. The highest BCUT2D eigenvalue weighted by atomic mass is 32.3. The fraction of sp³-hybridized carbons (Fsp3) is 0.947. The number of sulfone groups is 3. The zero-order valence-corrected chi connectivity index (χ0v) is 26.2. The molecule has 1 saturated heterocycles. The van der Waals surface area contributed by atoms with Crippen molar-refractivity contribution in [2.75, 3.05) is 0 Å². The topological polar surface area (TPSA) is 195 Å². The van der Waals surface area contributed by atoms with Crippen LogP contribution >= 0.6 is 0 Å². The lowest BCUT2D eigenvalue weighted by Gasteiger charge is -2.50. The Kier molecular flexibility index (Phi) is 8.74. The van der Waals surface area contributed by atoms with E-state index in [2.05, 4.69) is 9.50 Å². The van der Waals surface area contributed by atoms with Crippen molar-refractivity contribution in [3.05, 3.63) is 0 Å². The number of fused-ring (bicyclic) bond motifs is 2. The first kappa shape index (κ1) is 39.6. The number of rotatable bonds is 8. The van der Waals surface area contributed by atoms with Crippen LogP contribution in [0.25, 0.3) is 0 Å². The maximum Gasteiger partial charge on any atom is 0.439 e. The smallest absolute Gasteiger partial charge is 0.439 e. The van der Waals surface area contributed by atoms with Gasteiger partial charge in [0.15, 0.2) is 0 Å². The van der Waals surface area contributed by atoms with Gasteiger partial charge in [-0.1, -0.05) is 0 Å². The van der Waals surface area contributed by atoms with Gasteiger partial charge in [0.2, 0.25) is 0 Å². The number of alkyl halides is 12. The Morgan fingerprint density at radius 3 is 1.51 bits per heavy atom. The van der Waals surface area contributed by atoms with E-state index in [1.807, 2.05) is 0 Å². The van der Waals surface area contributed by atoms with Gasteiger partial charge in [-0.05, 0) is 57.8 Å². The molecule has 0 aromatic heterocycles. The van der Waals surface area contributed by atoms with Crippen molar-refractivity contribution in [2.45, 2.75) is 93.9 Å². The molecule has 2 N–H and O–H groups in total. The highest BCUT2D eigenvalue weighted by molar-refractivity contribution is 8.25. The molecule has 28 heteroatoms. The maximum atomic E-state index is 14.9. The summed E-state index contributed by atoms with van der Waals surface area (Å²) < 4.78 is 266. The van der Waals surface area contributed by atoms with Gasteiger partial charge in [-0.25, -0.2) is 30.0 Å². The van der Waals surface area contributed by atoms with Crippen LogP contribution in [0.5, 0.6) is 0 Å². The van der Waals surface area contributed by atoms with Crippen molar-refractivity contribution >= 4 is 45.7 Å². The Hall–Kier alpha value is -1.81. The van der Waals surface area contributed by atoms with Gasteiger partial charge in [0.1, 0.15) is 0 Å². The molecule has 0 aromatic carbocycles. The first-order chi connectivity index (χ1) is 20.4. The van der Waals surface area contributed by atoms with Crippen molar-refractivity contribution in [1.82, 2.24) is 5.32 Å². The summed E-state index contributed by atoms with van der Waals surface area (Å²) in [4.78, 5) is 11.1. The highest BCUT2D eigenvalue weighted by Gasteiger charge is 2.94. The van der Waals surface area contributed by atoms with Gasteiger partial charge in [0.25, 0.3) is 33.4 Å². The van der Waals surface area contributed by atoms with Crippen molar-refractivity contribution in [3.63, 3.8) is 0 Å². The quantitative estimate of drug-likeness (QED) is 0.270. The van der Waals surface area contributed by atoms with Crippen molar-refractivity contribution in [2.24, 2.45) is 11.8 Å². The second-order valence-electron chi connectivity index (χ2n) is 11.9. The first-order valence-corrected chi connectivity index (χ1v) is 18.3. The number of carbonyl (C=O) groups is 1. The van der Waals surface area contributed by atoms with E-state index in [0.717, 1.165) is 0 Å². The summed E-state index contributed by atoms with van der Waals surface area (Å²) in [7, 11) is -33.8. The summed E-state index contributed by atoms with van der Waals surface area (Å²) in [6, 6.07) is 0. The molecule has 2 unspecified atom stereocenters. The number of halogens is 12. The van der Waals surface area contributed by atoms with Crippen LogP contribution in [0.1, 0.15) is 46.0 Å². The summed E-state index contributed by atoms with van der Waals surface area (Å²) >= 11 is 0. The number of carboxylic acid groups (broad SMARTS) is 1. The molecule has 0 spiro atoms. The molecule has 0 aromatic rings. The highest BCUT2D eigenvalue weighted by Crippen LogP contribution is 2.62. The van der Waals surface area contributed by atoms with Gasteiger partial charge >= 0.3 is 49.1 Å². The van der Waals surface area contributed by atoms with E-state index in [1.54, 1.807) is 0 Å². The molecule has 1 aliphatic heterocycles. The third-order valence-corrected chi connectivity index (χ3v) is 18.4. The molecule has 0 radical (unpaired) electrons. The molecule has 2 saturated carbocycles. The lowest BCUT2D eigenvalue weighted by atomic mass is 9.61. The largest absolute Gasteiger partial charge is 0.465 e. The summed E-state index contributed by atoms with van der Waals surface area (Å²) in [6.45, 7) is 2.09. The van der Waals surface area contributed by atoms with Gasteiger partial charge in [0, 0.05) is 5.54 Å². The second-order valence-corrected chi connectivity index (χ2v) is 20.6. The van der Waals surface area contributed by atoms with Gasteiger partial charge in [0.05, 0.1) is 5.60 Å². The van der Waals surface area contributed by atoms with Crippen molar-refractivity contribution < 1.29 is 100 Å². The molecular weight excluding hydrogens is 774 g/mol. The van der Waals surface area contributed by atoms with Crippen LogP contribution in [0.4, 0.5) is 57.5 Å². The van der Waals surface area contributed by atoms with Crippen LogP contribution in [0.2, 0.25) is 0 Å². The van der Waals surface area contributed by atoms with E-state index in [1.165, 1.54) is 6.92 Å². The van der Waals surface area contributed by atoms with Gasteiger partial charge in [-0.15, -0.1) is 0 Å². The number of nitrogens with one attached hydrogen (secondary N) is 1. The average Bonchev–Trinajstić information content (AvgIpc) is 2.79. The fourth-order valence-electron chi connectivity index (χ4n) is 6.25. The number of amides is 1. The van der Waals surface area contributed by atoms with Crippen LogP contribution in [0, 0.1) is 11.8 Å². The minimum Gasteiger partial charge on any atom is -0.465 e. The van der Waals surface area contributed by atoms with Gasteiger partial charge in [-0.3, -0.25) is 4.18 Å². The third kappa shape index (κ3) is 5.18. The number of hydrogen-bond acceptors (Lipinski definition) is 10.